The Morgan fingerprint density at radius 3 is 2.31 bits per heavy atom. The molecular weight excluding hydrogens is 456 g/mol. The fourth-order valence-electron chi connectivity index (χ4n) is 5.05. The van der Waals surface area contributed by atoms with E-state index in [1.807, 2.05) is 71.6 Å². The number of carbonyl (C=O) groups is 2. The summed E-state index contributed by atoms with van der Waals surface area (Å²) in [6, 6.07) is 23.0. The molecule has 4 aromatic rings. The number of aromatic nitrogens is 1. The van der Waals surface area contributed by atoms with Gasteiger partial charge in [-0.2, -0.15) is 0 Å². The number of amides is 1. The Bertz CT molecular complexity index is 1490. The Hall–Kier alpha value is -3.63. The molecular formula is C30H27ClN2O2. The van der Waals surface area contributed by atoms with Crippen molar-refractivity contribution in [1.82, 2.24) is 4.98 Å². The van der Waals surface area contributed by atoms with Crippen molar-refractivity contribution in [3.8, 4) is 11.3 Å². The van der Waals surface area contributed by atoms with E-state index < -0.39 is 6.04 Å². The highest BCUT2D eigenvalue weighted by molar-refractivity contribution is 6.35. The molecule has 1 atom stereocenters. The molecule has 1 heterocycles. The van der Waals surface area contributed by atoms with Crippen LogP contribution in [0.25, 0.3) is 22.2 Å². The molecule has 0 fully saturated rings. The van der Waals surface area contributed by atoms with Gasteiger partial charge in [-0.05, 0) is 34.8 Å². The highest BCUT2D eigenvalue weighted by atomic mass is 35.5. The Labute approximate surface area is 210 Å². The van der Waals surface area contributed by atoms with Crippen LogP contribution in [0.1, 0.15) is 49.7 Å². The Morgan fingerprint density at radius 1 is 0.943 bits per heavy atom. The first-order chi connectivity index (χ1) is 16.7. The van der Waals surface area contributed by atoms with Gasteiger partial charge in [-0.1, -0.05) is 93.0 Å². The fraction of sp³-hybridized carbons (Fsp3) is 0.200. The predicted octanol–water partition coefficient (Wildman–Crippen LogP) is 7.75. The van der Waals surface area contributed by atoms with Crippen LogP contribution in [0.15, 0.2) is 84.4 Å². The van der Waals surface area contributed by atoms with Gasteiger partial charge in [0, 0.05) is 29.0 Å². The van der Waals surface area contributed by atoms with Crippen LogP contribution < -0.4 is 4.90 Å². The second-order valence-electron chi connectivity index (χ2n) is 9.97. The number of carbonyl (C=O) groups excluding carboxylic acids is 2. The molecule has 0 spiro atoms. The summed E-state index contributed by atoms with van der Waals surface area (Å²) in [6.45, 7) is 7.79. The number of halogens is 1. The third kappa shape index (κ3) is 3.88. The lowest BCUT2D eigenvalue weighted by atomic mass is 9.73. The van der Waals surface area contributed by atoms with Gasteiger partial charge in [0.25, 0.3) is 0 Å². The van der Waals surface area contributed by atoms with E-state index in [4.69, 9.17) is 11.6 Å². The summed E-state index contributed by atoms with van der Waals surface area (Å²) in [7, 11) is 0. The fourth-order valence-corrected chi connectivity index (χ4v) is 5.33. The zero-order valence-corrected chi connectivity index (χ0v) is 21.0. The second kappa shape index (κ2) is 8.54. The van der Waals surface area contributed by atoms with Crippen LogP contribution in [0.3, 0.4) is 0 Å². The van der Waals surface area contributed by atoms with Crippen LogP contribution in [-0.4, -0.2) is 16.7 Å². The number of allylic oxidation sites excluding steroid dienone is 1. The van der Waals surface area contributed by atoms with E-state index in [0.29, 0.717) is 10.6 Å². The van der Waals surface area contributed by atoms with Crippen molar-refractivity contribution < 1.29 is 9.59 Å². The van der Waals surface area contributed by atoms with Gasteiger partial charge < -0.3 is 4.98 Å². The summed E-state index contributed by atoms with van der Waals surface area (Å²) < 4.78 is 0. The third-order valence-corrected chi connectivity index (χ3v) is 6.93. The zero-order valence-electron chi connectivity index (χ0n) is 20.2. The van der Waals surface area contributed by atoms with Crippen molar-refractivity contribution in [3.63, 3.8) is 0 Å². The molecule has 3 aromatic carbocycles. The van der Waals surface area contributed by atoms with Crippen molar-refractivity contribution in [1.29, 1.82) is 0 Å². The summed E-state index contributed by atoms with van der Waals surface area (Å²) in [6.07, 6.45) is 1.67. The lowest BCUT2D eigenvalue weighted by Crippen LogP contribution is -2.40. The van der Waals surface area contributed by atoms with Crippen LogP contribution >= 0.6 is 11.6 Å². The van der Waals surface area contributed by atoms with Gasteiger partial charge in [0.05, 0.1) is 22.4 Å². The van der Waals surface area contributed by atoms with Crippen molar-refractivity contribution in [3.05, 3.63) is 101 Å². The molecule has 1 aliphatic carbocycles. The molecule has 1 aromatic heterocycles. The van der Waals surface area contributed by atoms with Gasteiger partial charge in [0.15, 0.2) is 5.78 Å². The van der Waals surface area contributed by atoms with Crippen LogP contribution in [0.2, 0.25) is 5.02 Å². The summed E-state index contributed by atoms with van der Waals surface area (Å²) in [5.41, 5.74) is 5.27. The number of hydrogen-bond donors (Lipinski definition) is 1. The standard InChI is InChI=1S/C30H27ClN2O2/c1-18(34)33(28-21-14-10-15-23(31)26(21)25(35)17-22(28)30(2,3)4)29-20-13-8-9-16-24(20)32-27(29)19-11-6-5-7-12-19/h5-17,28,32H,1-4H3/t28-/m0/s1. The maximum absolute atomic E-state index is 13.6. The van der Waals surface area contributed by atoms with Gasteiger partial charge >= 0.3 is 0 Å². The number of nitrogens with one attached hydrogen (secondary N) is 1. The SMILES string of the molecule is CC(=O)N(c1c(-c2ccccc2)[nH]c2ccccc12)[C@@H]1C(C(C)(C)C)=CC(=O)c2c(Cl)cccc21. The van der Waals surface area contributed by atoms with Gasteiger partial charge in [-0.25, -0.2) is 0 Å². The number of aromatic amines is 1. The number of benzene rings is 3. The number of nitrogens with zero attached hydrogens (tertiary/aromatic N) is 1. The molecule has 1 amide bonds. The summed E-state index contributed by atoms with van der Waals surface area (Å²) >= 11 is 6.54. The maximum atomic E-state index is 13.6. The quantitative estimate of drug-likeness (QED) is 0.324. The van der Waals surface area contributed by atoms with Crippen molar-refractivity contribution >= 4 is 39.9 Å². The number of ketones is 1. The van der Waals surface area contributed by atoms with E-state index in [0.717, 1.165) is 39.0 Å². The molecule has 5 heteroatoms. The minimum atomic E-state index is -0.486. The summed E-state index contributed by atoms with van der Waals surface area (Å²) in [5, 5.41) is 1.34. The molecule has 0 radical (unpaired) electrons. The number of anilines is 1. The molecule has 4 nitrogen and oxygen atoms in total. The Kier molecular flexibility index (Phi) is 5.65. The number of hydrogen-bond acceptors (Lipinski definition) is 2. The largest absolute Gasteiger partial charge is 0.353 e. The van der Waals surface area contributed by atoms with E-state index in [9.17, 15) is 9.59 Å². The van der Waals surface area contributed by atoms with Crippen LogP contribution in [0.4, 0.5) is 5.69 Å². The van der Waals surface area contributed by atoms with Gasteiger partial charge in [0.2, 0.25) is 5.91 Å². The number of para-hydroxylation sites is 1. The highest BCUT2D eigenvalue weighted by Gasteiger charge is 2.41. The molecule has 0 aliphatic heterocycles. The van der Waals surface area contributed by atoms with E-state index in [-0.39, 0.29) is 17.1 Å². The van der Waals surface area contributed by atoms with Gasteiger partial charge in [-0.3, -0.25) is 14.5 Å². The first kappa shape index (κ1) is 23.1. The number of fused-ring (bicyclic) bond motifs is 2. The van der Waals surface area contributed by atoms with Crippen molar-refractivity contribution in [2.45, 2.75) is 33.7 Å². The Morgan fingerprint density at radius 2 is 1.63 bits per heavy atom. The molecule has 5 rings (SSSR count). The summed E-state index contributed by atoms with van der Waals surface area (Å²) in [5.74, 6) is -0.246. The normalized spacial score (nSPS) is 15.6. The first-order valence-electron chi connectivity index (χ1n) is 11.7. The van der Waals surface area contributed by atoms with Gasteiger partial charge in [0.1, 0.15) is 0 Å². The van der Waals surface area contributed by atoms with Crippen LogP contribution in [0, 0.1) is 5.41 Å². The zero-order chi connectivity index (χ0) is 24.9. The smallest absolute Gasteiger partial charge is 0.224 e. The molecule has 35 heavy (non-hydrogen) atoms. The third-order valence-electron chi connectivity index (χ3n) is 6.61. The van der Waals surface area contributed by atoms with Gasteiger partial charge in [-0.15, -0.1) is 0 Å². The first-order valence-corrected chi connectivity index (χ1v) is 12.1. The molecule has 0 bridgehead atoms. The average Bonchev–Trinajstić information content (AvgIpc) is 3.19. The maximum Gasteiger partial charge on any atom is 0.224 e. The second-order valence-corrected chi connectivity index (χ2v) is 10.4. The van der Waals surface area contributed by atoms with E-state index in [2.05, 4.69) is 25.8 Å². The monoisotopic (exact) mass is 482 g/mol. The lowest BCUT2D eigenvalue weighted by Gasteiger charge is -2.41. The number of H-pyrrole nitrogens is 1. The topological polar surface area (TPSA) is 53.2 Å². The highest BCUT2D eigenvalue weighted by Crippen LogP contribution is 2.49. The molecule has 176 valence electrons. The number of rotatable bonds is 3. The van der Waals surface area contributed by atoms with Crippen molar-refractivity contribution in [2.24, 2.45) is 5.41 Å². The van der Waals surface area contributed by atoms with E-state index >= 15 is 0 Å². The van der Waals surface area contributed by atoms with E-state index in [1.165, 1.54) is 0 Å². The van der Waals surface area contributed by atoms with Crippen molar-refractivity contribution in [2.75, 3.05) is 4.90 Å². The predicted molar refractivity (Wildman–Crippen MR) is 143 cm³/mol. The lowest BCUT2D eigenvalue weighted by molar-refractivity contribution is -0.117. The Balaban J connectivity index is 1.86. The molecule has 1 N–H and O–H groups in total. The summed E-state index contributed by atoms with van der Waals surface area (Å²) in [4.78, 5) is 32.2. The minimum Gasteiger partial charge on any atom is -0.353 e. The van der Waals surface area contributed by atoms with Crippen LogP contribution in [0.5, 0.6) is 0 Å². The minimum absolute atomic E-state index is 0.118. The molecule has 1 aliphatic rings. The average molecular weight is 483 g/mol. The van der Waals surface area contributed by atoms with Crippen LogP contribution in [-0.2, 0) is 4.79 Å². The molecule has 0 saturated heterocycles. The molecule has 0 unspecified atom stereocenters. The molecule has 0 saturated carbocycles. The van der Waals surface area contributed by atoms with E-state index in [1.54, 1.807) is 19.1 Å².